The van der Waals surface area contributed by atoms with E-state index >= 15 is 0 Å². The van der Waals surface area contributed by atoms with E-state index in [1.54, 1.807) is 6.92 Å². The lowest BCUT2D eigenvalue weighted by atomic mass is 10.1. The SMILES string of the molecule is Cc1c(C(=O)NC2(C(=O)O)CC2)sc2nc(C(F)(F)F)ccc12. The minimum absolute atomic E-state index is 0.0997. The van der Waals surface area contributed by atoms with E-state index in [0.717, 1.165) is 17.4 Å². The lowest BCUT2D eigenvalue weighted by molar-refractivity contribution is -0.141. The van der Waals surface area contributed by atoms with Crippen LogP contribution >= 0.6 is 11.3 Å². The minimum atomic E-state index is -4.56. The maximum absolute atomic E-state index is 12.7. The summed E-state index contributed by atoms with van der Waals surface area (Å²) in [5.74, 6) is -1.71. The molecule has 1 aliphatic rings. The topological polar surface area (TPSA) is 79.3 Å². The van der Waals surface area contributed by atoms with Crippen molar-refractivity contribution in [2.45, 2.75) is 31.5 Å². The standard InChI is InChI=1S/C14H11F3N2O3S/c1-6-7-2-3-8(14(15,16)17)18-11(7)23-9(6)10(20)19-13(4-5-13)12(21)22/h2-3H,4-5H2,1H3,(H,19,20)(H,21,22). The summed E-state index contributed by atoms with van der Waals surface area (Å²) in [5, 5.41) is 12.0. The van der Waals surface area contributed by atoms with Gasteiger partial charge < -0.3 is 10.4 Å². The van der Waals surface area contributed by atoms with Gasteiger partial charge in [-0.3, -0.25) is 4.79 Å². The van der Waals surface area contributed by atoms with Crippen LogP contribution in [-0.4, -0.2) is 27.5 Å². The maximum atomic E-state index is 12.7. The number of aliphatic carboxylic acids is 1. The molecule has 1 aliphatic carbocycles. The summed E-state index contributed by atoms with van der Waals surface area (Å²) in [6.45, 7) is 1.60. The first kappa shape index (κ1) is 15.7. The Labute approximate surface area is 132 Å². The third-order valence-corrected chi connectivity index (χ3v) is 5.01. The van der Waals surface area contributed by atoms with Crippen LogP contribution in [0.3, 0.4) is 0 Å². The largest absolute Gasteiger partial charge is 0.480 e. The highest BCUT2D eigenvalue weighted by molar-refractivity contribution is 7.20. The van der Waals surface area contributed by atoms with Crippen molar-refractivity contribution in [2.75, 3.05) is 0 Å². The highest BCUT2D eigenvalue weighted by Crippen LogP contribution is 2.38. The Hall–Kier alpha value is -2.16. The van der Waals surface area contributed by atoms with Gasteiger partial charge in [0, 0.05) is 5.39 Å². The van der Waals surface area contributed by atoms with Crippen LogP contribution in [0.5, 0.6) is 0 Å². The first-order valence-electron chi connectivity index (χ1n) is 6.67. The summed E-state index contributed by atoms with van der Waals surface area (Å²) in [6, 6.07) is 2.14. The van der Waals surface area contributed by atoms with Crippen LogP contribution in [0.2, 0.25) is 0 Å². The fourth-order valence-corrected chi connectivity index (χ4v) is 3.34. The number of halogens is 3. The smallest absolute Gasteiger partial charge is 0.433 e. The monoisotopic (exact) mass is 344 g/mol. The molecule has 2 aromatic heterocycles. The van der Waals surface area contributed by atoms with E-state index in [4.69, 9.17) is 5.11 Å². The number of pyridine rings is 1. The summed E-state index contributed by atoms with van der Waals surface area (Å²) in [5.41, 5.74) is -1.78. The van der Waals surface area contributed by atoms with Gasteiger partial charge in [0.25, 0.3) is 5.91 Å². The number of fused-ring (bicyclic) bond motifs is 1. The van der Waals surface area contributed by atoms with Crippen LogP contribution < -0.4 is 5.32 Å². The Balaban J connectivity index is 1.97. The number of carboxylic acids is 1. The van der Waals surface area contributed by atoms with Crippen molar-refractivity contribution in [3.8, 4) is 0 Å². The maximum Gasteiger partial charge on any atom is 0.433 e. The van der Waals surface area contributed by atoms with E-state index in [1.807, 2.05) is 0 Å². The molecule has 9 heteroatoms. The van der Waals surface area contributed by atoms with Gasteiger partial charge in [-0.15, -0.1) is 11.3 Å². The molecule has 0 bridgehead atoms. The van der Waals surface area contributed by atoms with Crippen molar-refractivity contribution in [3.05, 3.63) is 28.3 Å². The Morgan fingerprint density at radius 3 is 2.52 bits per heavy atom. The van der Waals surface area contributed by atoms with Gasteiger partial charge in [0.05, 0.1) is 4.88 Å². The number of carbonyl (C=O) groups excluding carboxylic acids is 1. The molecule has 1 fully saturated rings. The molecule has 0 aliphatic heterocycles. The zero-order valence-electron chi connectivity index (χ0n) is 11.8. The molecule has 122 valence electrons. The summed E-state index contributed by atoms with van der Waals surface area (Å²) in [7, 11) is 0. The molecule has 0 atom stereocenters. The molecule has 0 saturated heterocycles. The molecule has 0 spiro atoms. The first-order valence-corrected chi connectivity index (χ1v) is 7.49. The summed E-state index contributed by atoms with van der Waals surface area (Å²) in [4.78, 5) is 27.2. The Morgan fingerprint density at radius 2 is 2.00 bits per heavy atom. The highest BCUT2D eigenvalue weighted by Gasteiger charge is 2.52. The van der Waals surface area contributed by atoms with E-state index < -0.39 is 29.3 Å². The lowest BCUT2D eigenvalue weighted by Gasteiger charge is -2.11. The number of alkyl halides is 3. The third kappa shape index (κ3) is 2.65. The molecule has 0 unspecified atom stereocenters. The average Bonchev–Trinajstić information content (AvgIpc) is 3.16. The van der Waals surface area contributed by atoms with E-state index in [-0.39, 0.29) is 9.71 Å². The molecule has 0 radical (unpaired) electrons. The molecule has 1 saturated carbocycles. The zero-order valence-corrected chi connectivity index (χ0v) is 12.6. The second-order valence-corrected chi connectivity index (χ2v) is 6.44. The van der Waals surface area contributed by atoms with E-state index in [0.29, 0.717) is 23.8 Å². The molecule has 2 N–H and O–H groups in total. The number of nitrogens with one attached hydrogen (secondary N) is 1. The van der Waals surface area contributed by atoms with Crippen LogP contribution in [0.25, 0.3) is 10.2 Å². The van der Waals surface area contributed by atoms with Crippen molar-refractivity contribution in [3.63, 3.8) is 0 Å². The number of aryl methyl sites for hydroxylation is 1. The summed E-state index contributed by atoms with van der Waals surface area (Å²) >= 11 is 0.826. The van der Waals surface area contributed by atoms with Gasteiger partial charge >= 0.3 is 12.1 Å². The predicted octanol–water partition coefficient (Wildman–Crippen LogP) is 2.97. The first-order chi connectivity index (χ1) is 10.6. The average molecular weight is 344 g/mol. The van der Waals surface area contributed by atoms with Gasteiger partial charge in [0.2, 0.25) is 0 Å². The highest BCUT2D eigenvalue weighted by atomic mass is 32.1. The number of amides is 1. The van der Waals surface area contributed by atoms with Gasteiger partial charge in [0.15, 0.2) is 0 Å². The van der Waals surface area contributed by atoms with E-state index in [1.165, 1.54) is 6.07 Å². The molecular weight excluding hydrogens is 333 g/mol. The number of aromatic nitrogens is 1. The molecule has 23 heavy (non-hydrogen) atoms. The number of carbonyl (C=O) groups is 2. The van der Waals surface area contributed by atoms with Gasteiger partial charge in [-0.25, -0.2) is 9.78 Å². The number of hydrogen-bond acceptors (Lipinski definition) is 4. The number of thiophene rings is 1. The minimum Gasteiger partial charge on any atom is -0.480 e. The molecule has 1 amide bonds. The van der Waals surface area contributed by atoms with Crippen molar-refractivity contribution in [2.24, 2.45) is 0 Å². The zero-order chi connectivity index (χ0) is 17.0. The second-order valence-electron chi connectivity index (χ2n) is 5.44. The molecule has 3 rings (SSSR count). The molecule has 2 heterocycles. The van der Waals surface area contributed by atoms with Gasteiger partial charge in [-0.05, 0) is 37.5 Å². The molecule has 2 aromatic rings. The van der Waals surface area contributed by atoms with E-state index in [2.05, 4.69) is 10.3 Å². The van der Waals surface area contributed by atoms with Gasteiger partial charge in [-0.1, -0.05) is 0 Å². The summed E-state index contributed by atoms with van der Waals surface area (Å²) in [6.07, 6.45) is -3.88. The normalized spacial score (nSPS) is 16.3. The van der Waals surface area contributed by atoms with Crippen LogP contribution in [-0.2, 0) is 11.0 Å². The number of carboxylic acid groups (broad SMARTS) is 1. The van der Waals surface area contributed by atoms with Crippen molar-refractivity contribution >= 4 is 33.4 Å². The van der Waals surface area contributed by atoms with E-state index in [9.17, 15) is 22.8 Å². The molecule has 0 aromatic carbocycles. The lowest BCUT2D eigenvalue weighted by Crippen LogP contribution is -2.42. The van der Waals surface area contributed by atoms with Gasteiger partial charge in [-0.2, -0.15) is 13.2 Å². The predicted molar refractivity (Wildman–Crippen MR) is 76.4 cm³/mol. The molecular formula is C14H11F3N2O3S. The number of nitrogens with zero attached hydrogens (tertiary/aromatic N) is 1. The van der Waals surface area contributed by atoms with Crippen molar-refractivity contribution < 1.29 is 27.9 Å². The van der Waals surface area contributed by atoms with Crippen LogP contribution in [0, 0.1) is 6.92 Å². The molecule has 5 nitrogen and oxygen atoms in total. The number of rotatable bonds is 3. The fourth-order valence-electron chi connectivity index (χ4n) is 2.27. The summed E-state index contributed by atoms with van der Waals surface area (Å²) < 4.78 is 38.1. The fraction of sp³-hybridized carbons (Fsp3) is 0.357. The van der Waals surface area contributed by atoms with Crippen molar-refractivity contribution in [1.29, 1.82) is 0 Å². The second kappa shape index (κ2) is 4.92. The number of hydrogen-bond donors (Lipinski definition) is 2. The van der Waals surface area contributed by atoms with Crippen molar-refractivity contribution in [1.82, 2.24) is 10.3 Å². The van der Waals surface area contributed by atoms with Crippen LogP contribution in [0.1, 0.15) is 33.8 Å². The van der Waals surface area contributed by atoms with Gasteiger partial charge in [0.1, 0.15) is 16.1 Å². The quantitative estimate of drug-likeness (QED) is 0.897. The Kier molecular flexibility index (Phi) is 3.36. The van der Waals surface area contributed by atoms with Crippen LogP contribution in [0.4, 0.5) is 13.2 Å². The Bertz CT molecular complexity index is 825. The van der Waals surface area contributed by atoms with Crippen LogP contribution in [0.15, 0.2) is 12.1 Å². The Morgan fingerprint density at radius 1 is 1.35 bits per heavy atom. The third-order valence-electron chi connectivity index (χ3n) is 3.81.